The maximum Gasteiger partial charge on any atom is 0.253 e. The van der Waals surface area contributed by atoms with Crippen molar-refractivity contribution in [2.24, 2.45) is 0 Å². The Balaban J connectivity index is 1.60. The van der Waals surface area contributed by atoms with Gasteiger partial charge in [0.15, 0.2) is 0 Å². The van der Waals surface area contributed by atoms with Gasteiger partial charge in [0.05, 0.1) is 10.6 Å². The molecule has 0 bridgehead atoms. The van der Waals surface area contributed by atoms with E-state index in [1.165, 1.54) is 12.8 Å². The van der Waals surface area contributed by atoms with Crippen molar-refractivity contribution in [2.45, 2.75) is 19.4 Å². The number of amides is 1. The second kappa shape index (κ2) is 7.20. The lowest BCUT2D eigenvalue weighted by Crippen LogP contribution is -2.23. The second-order valence-corrected chi connectivity index (χ2v) is 6.37. The number of hydrogen-bond donors (Lipinski definition) is 1. The number of nitrogens with one attached hydrogen (secondary N) is 1. The summed E-state index contributed by atoms with van der Waals surface area (Å²) in [6, 6.07) is 8.82. The molecule has 1 aromatic heterocycles. The van der Waals surface area contributed by atoms with Gasteiger partial charge < -0.3 is 10.2 Å². The fourth-order valence-electron chi connectivity index (χ4n) is 2.61. The molecule has 2 heterocycles. The highest BCUT2D eigenvalue weighted by Crippen LogP contribution is 2.21. The van der Waals surface area contributed by atoms with Gasteiger partial charge >= 0.3 is 0 Å². The standard InChI is InChI=1S/C17H17Cl2N3O/c18-13-4-5-14(15(19)9-13)17(23)21-11-12-3-6-16(20-10-12)22-7-1-2-8-22/h3-6,9-10H,1-2,7-8,11H2,(H,21,23). The van der Waals surface area contributed by atoms with Crippen LogP contribution < -0.4 is 10.2 Å². The van der Waals surface area contributed by atoms with Gasteiger partial charge in [0.25, 0.3) is 5.91 Å². The van der Waals surface area contributed by atoms with Crippen LogP contribution in [0.4, 0.5) is 5.82 Å². The summed E-state index contributed by atoms with van der Waals surface area (Å²) in [5.41, 5.74) is 1.36. The Morgan fingerprint density at radius 1 is 1.17 bits per heavy atom. The van der Waals surface area contributed by atoms with Gasteiger partial charge in [-0.05, 0) is 42.7 Å². The molecule has 0 unspecified atom stereocenters. The van der Waals surface area contributed by atoms with E-state index in [0.717, 1.165) is 24.5 Å². The van der Waals surface area contributed by atoms with Gasteiger partial charge in [-0.15, -0.1) is 0 Å². The van der Waals surface area contributed by atoms with E-state index in [4.69, 9.17) is 23.2 Å². The Morgan fingerprint density at radius 2 is 1.96 bits per heavy atom. The third-order valence-electron chi connectivity index (χ3n) is 3.87. The van der Waals surface area contributed by atoms with Crippen LogP contribution in [0.25, 0.3) is 0 Å². The highest BCUT2D eigenvalue weighted by molar-refractivity contribution is 6.36. The Kier molecular flexibility index (Phi) is 5.03. The van der Waals surface area contributed by atoms with E-state index in [9.17, 15) is 4.79 Å². The largest absolute Gasteiger partial charge is 0.357 e. The van der Waals surface area contributed by atoms with Crippen LogP contribution in [0.2, 0.25) is 10.0 Å². The van der Waals surface area contributed by atoms with Crippen molar-refractivity contribution in [3.05, 3.63) is 57.7 Å². The molecule has 1 saturated heterocycles. The first-order valence-electron chi connectivity index (χ1n) is 7.56. The molecule has 0 spiro atoms. The number of carbonyl (C=O) groups is 1. The molecule has 1 fully saturated rings. The maximum atomic E-state index is 12.2. The molecule has 0 saturated carbocycles. The zero-order valence-electron chi connectivity index (χ0n) is 12.6. The van der Waals surface area contributed by atoms with Crippen LogP contribution >= 0.6 is 23.2 Å². The summed E-state index contributed by atoms with van der Waals surface area (Å²) < 4.78 is 0. The topological polar surface area (TPSA) is 45.2 Å². The molecule has 6 heteroatoms. The zero-order chi connectivity index (χ0) is 16.2. The van der Waals surface area contributed by atoms with Crippen LogP contribution in [-0.2, 0) is 6.54 Å². The minimum Gasteiger partial charge on any atom is -0.357 e. The van der Waals surface area contributed by atoms with E-state index in [0.29, 0.717) is 22.2 Å². The Labute approximate surface area is 145 Å². The van der Waals surface area contributed by atoms with Crippen molar-refractivity contribution in [3.8, 4) is 0 Å². The second-order valence-electron chi connectivity index (χ2n) is 5.53. The van der Waals surface area contributed by atoms with Gasteiger partial charge in [0, 0.05) is 30.9 Å². The van der Waals surface area contributed by atoms with Crippen molar-refractivity contribution in [2.75, 3.05) is 18.0 Å². The molecule has 120 valence electrons. The number of benzene rings is 1. The fourth-order valence-corrected chi connectivity index (χ4v) is 3.10. The Morgan fingerprint density at radius 3 is 2.61 bits per heavy atom. The van der Waals surface area contributed by atoms with Crippen LogP contribution in [0.3, 0.4) is 0 Å². The van der Waals surface area contributed by atoms with E-state index in [1.807, 2.05) is 12.1 Å². The average Bonchev–Trinajstić information content (AvgIpc) is 3.07. The minimum absolute atomic E-state index is 0.227. The lowest BCUT2D eigenvalue weighted by molar-refractivity contribution is 0.0951. The molecule has 23 heavy (non-hydrogen) atoms. The van der Waals surface area contributed by atoms with Crippen molar-refractivity contribution in [1.29, 1.82) is 0 Å². The van der Waals surface area contributed by atoms with Crippen LogP contribution in [0.5, 0.6) is 0 Å². The highest BCUT2D eigenvalue weighted by atomic mass is 35.5. The number of halogens is 2. The molecule has 1 amide bonds. The number of anilines is 1. The number of rotatable bonds is 4. The predicted molar refractivity (Wildman–Crippen MR) is 93.3 cm³/mol. The lowest BCUT2D eigenvalue weighted by Gasteiger charge is -2.16. The predicted octanol–water partition coefficient (Wildman–Crippen LogP) is 3.92. The van der Waals surface area contributed by atoms with Crippen LogP contribution in [0.1, 0.15) is 28.8 Å². The van der Waals surface area contributed by atoms with Crippen LogP contribution in [-0.4, -0.2) is 24.0 Å². The molecule has 1 aromatic carbocycles. The molecule has 1 N–H and O–H groups in total. The normalized spacial score (nSPS) is 14.1. The number of carbonyl (C=O) groups excluding carboxylic acids is 1. The first-order valence-corrected chi connectivity index (χ1v) is 8.32. The number of nitrogens with zero attached hydrogens (tertiary/aromatic N) is 2. The number of aromatic nitrogens is 1. The van der Waals surface area contributed by atoms with Gasteiger partial charge in [-0.3, -0.25) is 4.79 Å². The quantitative estimate of drug-likeness (QED) is 0.909. The van der Waals surface area contributed by atoms with Crippen molar-refractivity contribution in [1.82, 2.24) is 10.3 Å². The molecular weight excluding hydrogens is 333 g/mol. The van der Waals surface area contributed by atoms with Crippen LogP contribution in [0.15, 0.2) is 36.5 Å². The smallest absolute Gasteiger partial charge is 0.253 e. The average molecular weight is 350 g/mol. The first-order chi connectivity index (χ1) is 11.1. The van der Waals surface area contributed by atoms with E-state index >= 15 is 0 Å². The monoisotopic (exact) mass is 349 g/mol. The molecule has 1 aliphatic rings. The number of pyridine rings is 1. The highest BCUT2D eigenvalue weighted by Gasteiger charge is 2.13. The van der Waals surface area contributed by atoms with E-state index in [1.54, 1.807) is 24.4 Å². The van der Waals surface area contributed by atoms with Gasteiger partial charge in [-0.25, -0.2) is 4.98 Å². The van der Waals surface area contributed by atoms with E-state index in [2.05, 4.69) is 15.2 Å². The molecule has 1 aliphatic heterocycles. The lowest BCUT2D eigenvalue weighted by atomic mass is 10.2. The summed E-state index contributed by atoms with van der Waals surface area (Å²) in [7, 11) is 0. The van der Waals surface area contributed by atoms with Crippen LogP contribution in [0, 0.1) is 0 Å². The molecule has 0 atom stereocenters. The summed E-state index contributed by atoms with van der Waals surface area (Å²) in [5, 5.41) is 3.70. The van der Waals surface area contributed by atoms with Crippen molar-refractivity contribution < 1.29 is 4.79 Å². The Hall–Kier alpha value is -1.78. The summed E-state index contributed by atoms with van der Waals surface area (Å²) in [5.74, 6) is 0.772. The molecule has 2 aromatic rings. The summed E-state index contributed by atoms with van der Waals surface area (Å²) >= 11 is 11.9. The molecule has 3 rings (SSSR count). The summed E-state index contributed by atoms with van der Waals surface area (Å²) in [6.07, 6.45) is 4.25. The van der Waals surface area contributed by atoms with Gasteiger partial charge in [-0.1, -0.05) is 29.3 Å². The molecular formula is C17H17Cl2N3O. The van der Waals surface area contributed by atoms with Gasteiger partial charge in [0.1, 0.15) is 5.82 Å². The van der Waals surface area contributed by atoms with E-state index < -0.39 is 0 Å². The van der Waals surface area contributed by atoms with Crippen molar-refractivity contribution >= 4 is 34.9 Å². The fraction of sp³-hybridized carbons (Fsp3) is 0.294. The summed E-state index contributed by atoms with van der Waals surface area (Å²) in [4.78, 5) is 18.9. The SMILES string of the molecule is O=C(NCc1ccc(N2CCCC2)nc1)c1ccc(Cl)cc1Cl. The molecule has 0 aliphatic carbocycles. The van der Waals surface area contributed by atoms with Crippen molar-refractivity contribution in [3.63, 3.8) is 0 Å². The Bertz CT molecular complexity index is 697. The summed E-state index contributed by atoms with van der Waals surface area (Å²) in [6.45, 7) is 2.54. The third-order valence-corrected chi connectivity index (χ3v) is 4.42. The minimum atomic E-state index is -0.227. The first kappa shape index (κ1) is 16.1. The molecule has 0 radical (unpaired) electrons. The van der Waals surface area contributed by atoms with Gasteiger partial charge in [-0.2, -0.15) is 0 Å². The number of hydrogen-bond acceptors (Lipinski definition) is 3. The van der Waals surface area contributed by atoms with E-state index in [-0.39, 0.29) is 5.91 Å². The maximum absolute atomic E-state index is 12.2. The van der Waals surface area contributed by atoms with Gasteiger partial charge in [0.2, 0.25) is 0 Å². The zero-order valence-corrected chi connectivity index (χ0v) is 14.1. The third kappa shape index (κ3) is 3.95. The molecule has 4 nitrogen and oxygen atoms in total.